The van der Waals surface area contributed by atoms with Gasteiger partial charge in [-0.2, -0.15) is 0 Å². The van der Waals surface area contributed by atoms with Gasteiger partial charge in [0.25, 0.3) is 0 Å². The summed E-state index contributed by atoms with van der Waals surface area (Å²) in [6.45, 7) is 1.96. The largest absolute Gasteiger partial charge is 0.220 e. The Hall–Kier alpha value is -1.90. The van der Waals surface area contributed by atoms with E-state index in [1.54, 1.807) is 4.68 Å². The average molecular weight is 185 g/mol. The predicted molar refractivity (Wildman–Crippen MR) is 56.1 cm³/mol. The molecule has 0 saturated heterocycles. The Bertz CT molecular complexity index is 429. The standard InChI is InChI=1S/C11H11N3/c1-2-6-10-9-14(13-12-10)11-7-4-3-5-8-11/h2-9H,1H3/b6-2+. The number of aromatic nitrogens is 3. The number of hydrogen-bond donors (Lipinski definition) is 0. The van der Waals surface area contributed by atoms with Gasteiger partial charge >= 0.3 is 0 Å². The van der Waals surface area contributed by atoms with Crippen molar-refractivity contribution in [1.82, 2.24) is 15.0 Å². The molecule has 1 heterocycles. The third-order valence-corrected chi connectivity index (χ3v) is 1.87. The number of rotatable bonds is 2. The van der Waals surface area contributed by atoms with Gasteiger partial charge in [-0.1, -0.05) is 29.5 Å². The summed E-state index contributed by atoms with van der Waals surface area (Å²) in [6, 6.07) is 9.92. The molecular weight excluding hydrogens is 174 g/mol. The van der Waals surface area contributed by atoms with Gasteiger partial charge in [-0.15, -0.1) is 5.10 Å². The lowest BCUT2D eigenvalue weighted by Gasteiger charge is -1.96. The molecule has 0 fully saturated rings. The van der Waals surface area contributed by atoms with Crippen LogP contribution in [0.15, 0.2) is 42.6 Å². The Morgan fingerprint density at radius 3 is 2.71 bits per heavy atom. The SMILES string of the molecule is C/C=C/c1cn(-c2ccccc2)nn1. The summed E-state index contributed by atoms with van der Waals surface area (Å²) in [5, 5.41) is 8.03. The molecule has 2 aromatic rings. The van der Waals surface area contributed by atoms with Crippen LogP contribution in [0.4, 0.5) is 0 Å². The molecule has 0 atom stereocenters. The van der Waals surface area contributed by atoms with Crippen molar-refractivity contribution in [2.75, 3.05) is 0 Å². The zero-order valence-electron chi connectivity index (χ0n) is 7.96. The van der Waals surface area contributed by atoms with Gasteiger partial charge in [0.2, 0.25) is 0 Å². The Morgan fingerprint density at radius 1 is 1.21 bits per heavy atom. The van der Waals surface area contributed by atoms with E-state index in [9.17, 15) is 0 Å². The van der Waals surface area contributed by atoms with Crippen molar-refractivity contribution in [3.63, 3.8) is 0 Å². The minimum absolute atomic E-state index is 0.872. The van der Waals surface area contributed by atoms with Crippen LogP contribution in [0.1, 0.15) is 12.6 Å². The van der Waals surface area contributed by atoms with Crippen molar-refractivity contribution in [1.29, 1.82) is 0 Å². The topological polar surface area (TPSA) is 30.7 Å². The van der Waals surface area contributed by atoms with E-state index in [1.807, 2.05) is 55.6 Å². The molecule has 0 saturated carbocycles. The van der Waals surface area contributed by atoms with E-state index in [0.29, 0.717) is 0 Å². The fourth-order valence-corrected chi connectivity index (χ4v) is 1.23. The van der Waals surface area contributed by atoms with E-state index >= 15 is 0 Å². The number of nitrogens with zero attached hydrogens (tertiary/aromatic N) is 3. The second kappa shape index (κ2) is 3.87. The van der Waals surface area contributed by atoms with Gasteiger partial charge < -0.3 is 0 Å². The monoisotopic (exact) mass is 185 g/mol. The van der Waals surface area contributed by atoms with Crippen LogP contribution < -0.4 is 0 Å². The lowest BCUT2D eigenvalue weighted by Crippen LogP contribution is -1.93. The summed E-state index contributed by atoms with van der Waals surface area (Å²) in [7, 11) is 0. The molecular formula is C11H11N3. The first-order valence-electron chi connectivity index (χ1n) is 4.50. The van der Waals surface area contributed by atoms with E-state index in [0.717, 1.165) is 11.4 Å². The summed E-state index contributed by atoms with van der Waals surface area (Å²) >= 11 is 0. The van der Waals surface area contributed by atoms with Crippen molar-refractivity contribution < 1.29 is 0 Å². The Labute approximate surface area is 82.7 Å². The molecule has 0 aliphatic heterocycles. The van der Waals surface area contributed by atoms with Crippen molar-refractivity contribution in [2.24, 2.45) is 0 Å². The van der Waals surface area contributed by atoms with Gasteiger partial charge in [0.1, 0.15) is 5.69 Å². The van der Waals surface area contributed by atoms with Crippen LogP contribution in [0.2, 0.25) is 0 Å². The van der Waals surface area contributed by atoms with Crippen molar-refractivity contribution in [2.45, 2.75) is 6.92 Å². The summed E-state index contributed by atoms with van der Waals surface area (Å²) in [6.07, 6.45) is 5.76. The van der Waals surface area contributed by atoms with Crippen LogP contribution in [0.5, 0.6) is 0 Å². The summed E-state index contributed by atoms with van der Waals surface area (Å²) in [4.78, 5) is 0. The number of benzene rings is 1. The first-order valence-corrected chi connectivity index (χ1v) is 4.50. The molecule has 3 heteroatoms. The number of allylic oxidation sites excluding steroid dienone is 1. The highest BCUT2D eigenvalue weighted by Crippen LogP contribution is 2.06. The molecule has 14 heavy (non-hydrogen) atoms. The molecule has 0 bridgehead atoms. The van der Waals surface area contributed by atoms with Gasteiger partial charge in [-0.25, -0.2) is 4.68 Å². The van der Waals surface area contributed by atoms with E-state index in [2.05, 4.69) is 10.3 Å². The van der Waals surface area contributed by atoms with Crippen LogP contribution >= 0.6 is 0 Å². The second-order valence-electron chi connectivity index (χ2n) is 2.92. The van der Waals surface area contributed by atoms with Crippen LogP contribution in [0.25, 0.3) is 11.8 Å². The highest BCUT2D eigenvalue weighted by molar-refractivity contribution is 5.43. The highest BCUT2D eigenvalue weighted by atomic mass is 15.4. The molecule has 0 spiro atoms. The van der Waals surface area contributed by atoms with Gasteiger partial charge in [-0.3, -0.25) is 0 Å². The molecule has 1 aromatic carbocycles. The maximum Gasteiger partial charge on any atom is 0.105 e. The van der Waals surface area contributed by atoms with Crippen molar-refractivity contribution >= 4 is 6.08 Å². The lowest BCUT2D eigenvalue weighted by molar-refractivity contribution is 0.802. The van der Waals surface area contributed by atoms with E-state index in [-0.39, 0.29) is 0 Å². The molecule has 70 valence electrons. The van der Waals surface area contributed by atoms with Crippen LogP contribution in [0, 0.1) is 0 Å². The molecule has 0 unspecified atom stereocenters. The van der Waals surface area contributed by atoms with Gasteiger partial charge in [0, 0.05) is 0 Å². The van der Waals surface area contributed by atoms with Crippen LogP contribution in [-0.4, -0.2) is 15.0 Å². The second-order valence-corrected chi connectivity index (χ2v) is 2.92. The summed E-state index contributed by atoms with van der Waals surface area (Å²) in [5.41, 5.74) is 1.90. The molecule has 3 nitrogen and oxygen atoms in total. The summed E-state index contributed by atoms with van der Waals surface area (Å²) < 4.78 is 1.76. The van der Waals surface area contributed by atoms with E-state index < -0.39 is 0 Å². The van der Waals surface area contributed by atoms with Gasteiger partial charge in [0.05, 0.1) is 11.9 Å². The van der Waals surface area contributed by atoms with Crippen LogP contribution in [0.3, 0.4) is 0 Å². The molecule has 0 N–H and O–H groups in total. The smallest absolute Gasteiger partial charge is 0.105 e. The fourth-order valence-electron chi connectivity index (χ4n) is 1.23. The highest BCUT2D eigenvalue weighted by Gasteiger charge is 1.97. The normalized spacial score (nSPS) is 10.9. The predicted octanol–water partition coefficient (Wildman–Crippen LogP) is 2.30. The third kappa shape index (κ3) is 1.71. The molecule has 1 aromatic heterocycles. The number of hydrogen-bond acceptors (Lipinski definition) is 2. The van der Waals surface area contributed by atoms with Gasteiger partial charge in [-0.05, 0) is 25.1 Å². The molecule has 0 amide bonds. The number of para-hydroxylation sites is 1. The zero-order chi connectivity index (χ0) is 9.80. The molecule has 0 aliphatic carbocycles. The molecule has 0 radical (unpaired) electrons. The first kappa shape index (κ1) is 8.69. The first-order chi connectivity index (χ1) is 6.90. The zero-order valence-corrected chi connectivity index (χ0v) is 7.96. The van der Waals surface area contributed by atoms with Crippen molar-refractivity contribution in [3.8, 4) is 5.69 Å². The Kier molecular flexibility index (Phi) is 2.40. The Balaban J connectivity index is 2.34. The fraction of sp³-hybridized carbons (Fsp3) is 0.0909. The maximum absolute atomic E-state index is 4.02. The summed E-state index contributed by atoms with van der Waals surface area (Å²) in [5.74, 6) is 0. The third-order valence-electron chi connectivity index (χ3n) is 1.87. The van der Waals surface area contributed by atoms with E-state index in [4.69, 9.17) is 0 Å². The van der Waals surface area contributed by atoms with Crippen LogP contribution in [-0.2, 0) is 0 Å². The molecule has 2 rings (SSSR count). The van der Waals surface area contributed by atoms with E-state index in [1.165, 1.54) is 0 Å². The average Bonchev–Trinajstić information content (AvgIpc) is 2.68. The molecule has 0 aliphatic rings. The van der Waals surface area contributed by atoms with Gasteiger partial charge in [0.15, 0.2) is 0 Å². The minimum Gasteiger partial charge on any atom is -0.220 e. The lowest BCUT2D eigenvalue weighted by atomic mass is 10.3. The Morgan fingerprint density at radius 2 is 2.00 bits per heavy atom. The quantitative estimate of drug-likeness (QED) is 0.718. The minimum atomic E-state index is 0.872. The maximum atomic E-state index is 4.02. The van der Waals surface area contributed by atoms with Crippen molar-refractivity contribution in [3.05, 3.63) is 48.3 Å².